The first-order valence-electron chi connectivity index (χ1n) is 16.2. The van der Waals surface area contributed by atoms with Crippen molar-refractivity contribution in [2.75, 3.05) is 13.7 Å². The maximum absolute atomic E-state index is 14.6. The molecule has 0 fully saturated rings. The second kappa shape index (κ2) is 13.9. The molecule has 11 heteroatoms. The minimum absolute atomic E-state index is 0.0151. The minimum Gasteiger partial charge on any atom is -0.497 e. The van der Waals surface area contributed by atoms with Crippen LogP contribution in [0.1, 0.15) is 31.0 Å². The summed E-state index contributed by atoms with van der Waals surface area (Å²) >= 11 is 1.24. The summed E-state index contributed by atoms with van der Waals surface area (Å²) in [5, 5.41) is 11.5. The highest BCUT2D eigenvalue weighted by atomic mass is 32.1. The Morgan fingerprint density at radius 1 is 0.941 bits per heavy atom. The molecule has 0 spiro atoms. The molecular formula is C40H32N4O6S. The van der Waals surface area contributed by atoms with Crippen LogP contribution in [0.4, 0.5) is 5.69 Å². The van der Waals surface area contributed by atoms with Crippen LogP contribution in [0.25, 0.3) is 34.3 Å². The van der Waals surface area contributed by atoms with Gasteiger partial charge in [-0.1, -0.05) is 84.1 Å². The molecule has 0 bridgehead atoms. The van der Waals surface area contributed by atoms with E-state index in [1.807, 2.05) is 84.9 Å². The van der Waals surface area contributed by atoms with Crippen LogP contribution in [0, 0.1) is 10.1 Å². The normalized spacial score (nSPS) is 14.2. The van der Waals surface area contributed by atoms with Crippen molar-refractivity contribution in [3.63, 3.8) is 0 Å². The molecule has 6 aromatic rings. The highest BCUT2D eigenvalue weighted by Gasteiger charge is 2.33. The van der Waals surface area contributed by atoms with Gasteiger partial charge in [0.2, 0.25) is 0 Å². The van der Waals surface area contributed by atoms with Gasteiger partial charge in [0, 0.05) is 23.4 Å². The van der Waals surface area contributed by atoms with E-state index in [1.54, 1.807) is 49.8 Å². The second-order valence-electron chi connectivity index (χ2n) is 11.7. The van der Waals surface area contributed by atoms with Crippen molar-refractivity contribution in [3.8, 4) is 34.0 Å². The molecule has 2 aromatic heterocycles. The van der Waals surface area contributed by atoms with E-state index in [0.29, 0.717) is 37.6 Å². The lowest BCUT2D eigenvalue weighted by Gasteiger charge is -2.24. The number of carbonyl (C=O) groups is 1. The fourth-order valence-electron chi connectivity index (χ4n) is 6.38. The summed E-state index contributed by atoms with van der Waals surface area (Å²) in [5.41, 5.74) is 6.06. The molecule has 254 valence electrons. The van der Waals surface area contributed by atoms with Crippen LogP contribution in [0.2, 0.25) is 0 Å². The van der Waals surface area contributed by atoms with Crippen LogP contribution in [-0.4, -0.2) is 33.7 Å². The first-order chi connectivity index (χ1) is 24.8. The Morgan fingerprint density at radius 2 is 1.59 bits per heavy atom. The number of benzene rings is 4. The van der Waals surface area contributed by atoms with Crippen molar-refractivity contribution in [1.29, 1.82) is 0 Å². The minimum atomic E-state index is -0.772. The molecule has 10 nitrogen and oxygen atoms in total. The molecule has 4 aromatic carbocycles. The Balaban J connectivity index is 1.49. The van der Waals surface area contributed by atoms with Crippen molar-refractivity contribution in [2.24, 2.45) is 4.99 Å². The zero-order chi connectivity index (χ0) is 35.6. The van der Waals surface area contributed by atoms with Crippen LogP contribution in [0.5, 0.6) is 5.75 Å². The third-order valence-electron chi connectivity index (χ3n) is 8.70. The molecule has 0 saturated heterocycles. The molecule has 0 aliphatic carbocycles. The van der Waals surface area contributed by atoms with Crippen LogP contribution in [0.3, 0.4) is 0 Å². The van der Waals surface area contributed by atoms with Crippen molar-refractivity contribution in [2.45, 2.75) is 19.9 Å². The molecule has 0 N–H and O–H groups in total. The molecule has 1 aliphatic rings. The largest absolute Gasteiger partial charge is 0.497 e. The van der Waals surface area contributed by atoms with E-state index in [4.69, 9.17) is 14.5 Å². The van der Waals surface area contributed by atoms with Crippen molar-refractivity contribution in [3.05, 3.63) is 167 Å². The third kappa shape index (κ3) is 6.19. The number of aromatic nitrogens is 2. The number of non-ortho nitro benzene ring substituents is 1. The number of nitrogens with zero attached hydrogens (tertiary/aromatic N) is 4. The summed E-state index contributed by atoms with van der Waals surface area (Å²) in [6, 6.07) is 34.6. The third-order valence-corrected chi connectivity index (χ3v) is 9.68. The molecule has 0 amide bonds. The number of esters is 1. The molecule has 0 radical (unpaired) electrons. The van der Waals surface area contributed by atoms with Gasteiger partial charge in [-0.3, -0.25) is 19.5 Å². The predicted molar refractivity (Wildman–Crippen MR) is 197 cm³/mol. The van der Waals surface area contributed by atoms with Gasteiger partial charge in [-0.2, -0.15) is 0 Å². The van der Waals surface area contributed by atoms with E-state index in [2.05, 4.69) is 4.57 Å². The number of ether oxygens (including phenoxy) is 2. The average Bonchev–Trinajstić information content (AvgIpc) is 3.68. The lowest BCUT2D eigenvalue weighted by atomic mass is 9.96. The summed E-state index contributed by atoms with van der Waals surface area (Å²) in [5.74, 6) is 0.109. The second-order valence-corrected chi connectivity index (χ2v) is 12.8. The monoisotopic (exact) mass is 696 g/mol. The number of nitro groups is 1. The van der Waals surface area contributed by atoms with E-state index in [-0.39, 0.29) is 17.9 Å². The zero-order valence-corrected chi connectivity index (χ0v) is 28.8. The average molecular weight is 697 g/mol. The number of rotatable bonds is 9. The SMILES string of the molecule is CCOC(=O)C1=C(C)N=c2s/c(=C\c3cc(-c4ccccc4)n(-c4ccc([N+](=O)[O-])cc4)c3-c3ccccc3)c(=O)n2[C@@H]1c1ccc(OC)cc1. The van der Waals surface area contributed by atoms with Gasteiger partial charge in [0.1, 0.15) is 5.75 Å². The number of carbonyl (C=O) groups excluding carboxylic acids is 1. The summed E-state index contributed by atoms with van der Waals surface area (Å²) in [6.45, 7) is 3.67. The van der Waals surface area contributed by atoms with Gasteiger partial charge < -0.3 is 14.0 Å². The van der Waals surface area contributed by atoms with Gasteiger partial charge in [0.25, 0.3) is 11.2 Å². The van der Waals surface area contributed by atoms with Crippen molar-refractivity contribution >= 4 is 29.1 Å². The Hall–Kier alpha value is -6.33. The summed E-state index contributed by atoms with van der Waals surface area (Å²) in [4.78, 5) is 44.2. The van der Waals surface area contributed by atoms with E-state index in [9.17, 15) is 19.7 Å². The molecule has 1 atom stereocenters. The lowest BCUT2D eigenvalue weighted by molar-refractivity contribution is -0.384. The van der Waals surface area contributed by atoms with Crippen molar-refractivity contribution < 1.29 is 19.2 Å². The number of fused-ring (bicyclic) bond motifs is 1. The van der Waals surface area contributed by atoms with Crippen molar-refractivity contribution in [1.82, 2.24) is 9.13 Å². The maximum Gasteiger partial charge on any atom is 0.338 e. The summed E-state index contributed by atoms with van der Waals surface area (Å²) < 4.78 is 14.9. The Bertz CT molecular complexity index is 2480. The number of allylic oxidation sites excluding steroid dienone is 1. The van der Waals surface area contributed by atoms with E-state index in [0.717, 1.165) is 28.1 Å². The molecule has 1 aliphatic heterocycles. The summed E-state index contributed by atoms with van der Waals surface area (Å²) in [6.07, 6.45) is 1.86. The number of thiazole rings is 1. The number of hydrogen-bond acceptors (Lipinski definition) is 8. The lowest BCUT2D eigenvalue weighted by Crippen LogP contribution is -2.39. The standard InChI is InChI=1S/C40H32N4O6S/c1-4-50-39(46)35-25(2)41-40-43(37(35)28-15-21-32(49-3)22-16-28)38(45)34(51-40)24-29-23-33(26-11-7-5-8-12-26)42(36(29)27-13-9-6-10-14-27)30-17-19-31(20-18-30)44(47)48/h5-24,37H,4H2,1-3H3/b34-24-/t37-/m1/s1. The van der Waals surface area contributed by atoms with E-state index >= 15 is 0 Å². The van der Waals surface area contributed by atoms with Gasteiger partial charge in [-0.05, 0) is 66.9 Å². The van der Waals surface area contributed by atoms with Gasteiger partial charge in [0.15, 0.2) is 4.80 Å². The predicted octanol–water partition coefficient (Wildman–Crippen LogP) is 6.84. The fraction of sp³-hybridized carbons (Fsp3) is 0.125. The molecule has 7 rings (SSSR count). The Morgan fingerprint density at radius 3 is 2.20 bits per heavy atom. The zero-order valence-electron chi connectivity index (χ0n) is 28.0. The van der Waals surface area contributed by atoms with Crippen LogP contribution in [-0.2, 0) is 9.53 Å². The van der Waals surface area contributed by atoms with Crippen LogP contribution < -0.4 is 19.6 Å². The first-order valence-corrected chi connectivity index (χ1v) is 17.1. The number of methoxy groups -OCH3 is 1. The maximum atomic E-state index is 14.6. The highest BCUT2D eigenvalue weighted by Crippen LogP contribution is 2.37. The van der Waals surface area contributed by atoms with Gasteiger partial charge in [0.05, 0.1) is 51.9 Å². The van der Waals surface area contributed by atoms with Crippen LogP contribution >= 0.6 is 11.3 Å². The van der Waals surface area contributed by atoms with Gasteiger partial charge >= 0.3 is 5.97 Å². The first kappa shape index (κ1) is 33.2. The fourth-order valence-corrected chi connectivity index (χ4v) is 7.42. The molecule has 3 heterocycles. The smallest absolute Gasteiger partial charge is 0.338 e. The van der Waals surface area contributed by atoms with Crippen LogP contribution in [0.15, 0.2) is 136 Å². The Kier molecular flexibility index (Phi) is 9.03. The summed E-state index contributed by atoms with van der Waals surface area (Å²) in [7, 11) is 1.58. The Labute approximate surface area is 296 Å². The molecular weight excluding hydrogens is 665 g/mol. The van der Waals surface area contributed by atoms with E-state index < -0.39 is 16.9 Å². The topological polar surface area (TPSA) is 118 Å². The quantitative estimate of drug-likeness (QED) is 0.0929. The van der Waals surface area contributed by atoms with Gasteiger partial charge in [-0.25, -0.2) is 9.79 Å². The molecule has 0 unspecified atom stereocenters. The number of nitro benzene ring substituents is 1. The highest BCUT2D eigenvalue weighted by molar-refractivity contribution is 7.07. The molecule has 0 saturated carbocycles. The van der Waals surface area contributed by atoms with Gasteiger partial charge in [-0.15, -0.1) is 0 Å². The van der Waals surface area contributed by atoms with E-state index in [1.165, 1.54) is 23.5 Å². The number of hydrogen-bond donors (Lipinski definition) is 0. The molecule has 51 heavy (non-hydrogen) atoms.